The van der Waals surface area contributed by atoms with Crippen molar-refractivity contribution in [2.75, 3.05) is 6.54 Å². The Labute approximate surface area is 112 Å². The number of hydrogen-bond donors (Lipinski definition) is 3. The van der Waals surface area contributed by atoms with Gasteiger partial charge in [0.1, 0.15) is 11.1 Å². The third-order valence-electron chi connectivity index (χ3n) is 2.51. The molecular weight excluding hydrogens is 272 g/mol. The first-order valence-corrected chi connectivity index (χ1v) is 7.69. The van der Waals surface area contributed by atoms with Crippen LogP contribution in [0.25, 0.3) is 0 Å². The van der Waals surface area contributed by atoms with Crippen molar-refractivity contribution < 1.29 is 8.42 Å². The molecule has 0 aliphatic heterocycles. The molecule has 0 saturated heterocycles. The first kappa shape index (κ1) is 15.1. The summed E-state index contributed by atoms with van der Waals surface area (Å²) in [6.45, 7) is 2.09. The summed E-state index contributed by atoms with van der Waals surface area (Å²) in [7, 11) is -3.46. The second-order valence-corrected chi connectivity index (χ2v) is 6.30. The lowest BCUT2D eigenvalue weighted by Gasteiger charge is -2.14. The van der Waals surface area contributed by atoms with Gasteiger partial charge in [0.2, 0.25) is 10.0 Å². The van der Waals surface area contributed by atoms with Gasteiger partial charge in [0.05, 0.1) is 4.99 Å². The Morgan fingerprint density at radius 2 is 2.39 bits per heavy atom. The van der Waals surface area contributed by atoms with Crippen molar-refractivity contribution in [2.45, 2.75) is 31.4 Å². The molecule has 0 saturated carbocycles. The minimum Gasteiger partial charge on any atom is -0.392 e. The van der Waals surface area contributed by atoms with E-state index in [9.17, 15) is 8.42 Å². The van der Waals surface area contributed by atoms with Crippen molar-refractivity contribution in [2.24, 2.45) is 5.73 Å². The van der Waals surface area contributed by atoms with Gasteiger partial charge in [0, 0.05) is 25.4 Å². The molecule has 8 heteroatoms. The van der Waals surface area contributed by atoms with E-state index in [-0.39, 0.29) is 4.99 Å². The van der Waals surface area contributed by atoms with Gasteiger partial charge >= 0.3 is 0 Å². The third kappa shape index (κ3) is 4.35. The summed E-state index contributed by atoms with van der Waals surface area (Å²) in [5, 5.41) is -0.795. The normalized spacial score (nSPS) is 13.4. The Morgan fingerprint density at radius 3 is 2.89 bits per heavy atom. The molecule has 102 valence electrons. The van der Waals surface area contributed by atoms with Crippen molar-refractivity contribution in [3.05, 3.63) is 18.2 Å². The van der Waals surface area contributed by atoms with Crippen LogP contribution in [0.3, 0.4) is 0 Å². The fraction of sp³-hybridized carbons (Fsp3) is 0.600. The molecule has 1 heterocycles. The lowest BCUT2D eigenvalue weighted by Crippen LogP contribution is -2.42. The van der Waals surface area contributed by atoms with Crippen molar-refractivity contribution in [3.8, 4) is 0 Å². The van der Waals surface area contributed by atoms with E-state index in [0.717, 1.165) is 5.82 Å². The number of nitrogens with one attached hydrogen (secondary N) is 2. The zero-order valence-electron chi connectivity index (χ0n) is 10.2. The molecule has 1 aromatic heterocycles. The molecule has 18 heavy (non-hydrogen) atoms. The number of hydrogen-bond acceptors (Lipinski definition) is 4. The number of imidazole rings is 1. The van der Waals surface area contributed by atoms with E-state index in [4.69, 9.17) is 18.0 Å². The Hall–Kier alpha value is -0.990. The molecule has 0 bridgehead atoms. The third-order valence-corrected chi connectivity index (χ3v) is 4.89. The molecule has 6 nitrogen and oxygen atoms in total. The number of rotatable bonds is 8. The van der Waals surface area contributed by atoms with Crippen LogP contribution < -0.4 is 10.5 Å². The summed E-state index contributed by atoms with van der Waals surface area (Å²) in [6, 6.07) is 0. The van der Waals surface area contributed by atoms with Crippen LogP contribution in [0.15, 0.2) is 12.4 Å². The van der Waals surface area contributed by atoms with E-state index < -0.39 is 15.3 Å². The van der Waals surface area contributed by atoms with Crippen LogP contribution in [0, 0.1) is 0 Å². The Morgan fingerprint density at radius 1 is 1.67 bits per heavy atom. The smallest absolute Gasteiger partial charge is 0.220 e. The minimum absolute atomic E-state index is 0.0102. The maximum Gasteiger partial charge on any atom is 0.220 e. The van der Waals surface area contributed by atoms with Crippen LogP contribution >= 0.6 is 12.2 Å². The summed E-state index contributed by atoms with van der Waals surface area (Å²) in [6.07, 6.45) is 5.14. The first-order chi connectivity index (χ1) is 8.47. The fourth-order valence-corrected chi connectivity index (χ4v) is 3.50. The van der Waals surface area contributed by atoms with Crippen molar-refractivity contribution >= 4 is 27.2 Å². The average molecular weight is 290 g/mol. The molecule has 0 aromatic carbocycles. The first-order valence-electron chi connectivity index (χ1n) is 5.73. The minimum atomic E-state index is -3.46. The summed E-state index contributed by atoms with van der Waals surface area (Å²) >= 11 is 4.75. The SMILES string of the molecule is CCC(C(N)=S)S(=O)(=O)NCCCc1ncc[nH]1. The van der Waals surface area contributed by atoms with Gasteiger partial charge < -0.3 is 10.7 Å². The van der Waals surface area contributed by atoms with Crippen LogP contribution in [0.5, 0.6) is 0 Å². The van der Waals surface area contributed by atoms with E-state index >= 15 is 0 Å². The van der Waals surface area contributed by atoms with Crippen LogP contribution in [-0.2, 0) is 16.4 Å². The number of aryl methyl sites for hydroxylation is 1. The second-order valence-electron chi connectivity index (χ2n) is 3.88. The highest BCUT2D eigenvalue weighted by Crippen LogP contribution is 2.05. The molecule has 0 radical (unpaired) electrons. The topological polar surface area (TPSA) is 101 Å². The van der Waals surface area contributed by atoms with Gasteiger partial charge in [-0.05, 0) is 12.8 Å². The standard InChI is InChI=1S/C10H18N4O2S2/c1-2-8(10(11)17)18(15,16)14-5-3-4-9-12-6-7-13-9/h6-8,14H,2-5H2,1H3,(H2,11,17)(H,12,13). The van der Waals surface area contributed by atoms with E-state index in [1.807, 2.05) is 0 Å². The summed E-state index contributed by atoms with van der Waals surface area (Å²) < 4.78 is 26.2. The van der Waals surface area contributed by atoms with E-state index in [2.05, 4.69) is 14.7 Å². The maximum atomic E-state index is 11.9. The number of aromatic nitrogens is 2. The number of nitrogens with two attached hydrogens (primary N) is 1. The average Bonchev–Trinajstić information content (AvgIpc) is 2.77. The zero-order chi connectivity index (χ0) is 13.6. The zero-order valence-corrected chi connectivity index (χ0v) is 11.9. The fourth-order valence-electron chi connectivity index (χ4n) is 1.58. The van der Waals surface area contributed by atoms with Crippen molar-refractivity contribution in [1.29, 1.82) is 0 Å². The number of thiocarbonyl (C=S) groups is 1. The number of sulfonamides is 1. The largest absolute Gasteiger partial charge is 0.392 e. The highest BCUT2D eigenvalue weighted by molar-refractivity contribution is 7.93. The predicted molar refractivity (Wildman–Crippen MR) is 74.7 cm³/mol. The molecule has 1 unspecified atom stereocenters. The highest BCUT2D eigenvalue weighted by atomic mass is 32.2. The van der Waals surface area contributed by atoms with Crippen LogP contribution in [0.4, 0.5) is 0 Å². The predicted octanol–water partition coefficient (Wildman–Crippen LogP) is 0.326. The lowest BCUT2D eigenvalue weighted by atomic mass is 10.3. The van der Waals surface area contributed by atoms with E-state index in [1.54, 1.807) is 19.3 Å². The molecule has 1 atom stereocenters. The summed E-state index contributed by atoms with van der Waals surface area (Å²) in [5.41, 5.74) is 5.41. The van der Waals surface area contributed by atoms with Gasteiger partial charge in [-0.2, -0.15) is 0 Å². The number of aromatic amines is 1. The molecule has 0 amide bonds. The van der Waals surface area contributed by atoms with Crippen LogP contribution in [-0.4, -0.2) is 35.2 Å². The van der Waals surface area contributed by atoms with Gasteiger partial charge in [-0.25, -0.2) is 18.1 Å². The quantitative estimate of drug-likeness (QED) is 0.473. The Kier molecular flexibility index (Phi) is 5.70. The number of H-pyrrole nitrogens is 1. The lowest BCUT2D eigenvalue weighted by molar-refractivity contribution is 0.571. The summed E-state index contributed by atoms with van der Waals surface area (Å²) in [4.78, 5) is 7.02. The van der Waals surface area contributed by atoms with E-state index in [1.165, 1.54) is 0 Å². The summed E-state index contributed by atoms with van der Waals surface area (Å²) in [5.74, 6) is 0.843. The molecule has 0 aliphatic carbocycles. The molecule has 4 N–H and O–H groups in total. The molecule has 0 spiro atoms. The number of nitrogens with zero attached hydrogens (tertiary/aromatic N) is 1. The van der Waals surface area contributed by atoms with Gasteiger partial charge in [-0.3, -0.25) is 0 Å². The Bertz CT molecular complexity index is 470. The second kappa shape index (κ2) is 6.81. The Balaban J connectivity index is 2.39. The van der Waals surface area contributed by atoms with Gasteiger partial charge in [-0.15, -0.1) is 0 Å². The molecule has 0 aliphatic rings. The maximum absolute atomic E-state index is 11.9. The molecule has 1 rings (SSSR count). The molecule has 0 fully saturated rings. The van der Waals surface area contributed by atoms with E-state index in [0.29, 0.717) is 25.8 Å². The molecular formula is C10H18N4O2S2. The van der Waals surface area contributed by atoms with Crippen molar-refractivity contribution in [1.82, 2.24) is 14.7 Å². The van der Waals surface area contributed by atoms with Gasteiger partial charge in [0.15, 0.2) is 0 Å². The van der Waals surface area contributed by atoms with Crippen LogP contribution in [0.2, 0.25) is 0 Å². The van der Waals surface area contributed by atoms with Crippen LogP contribution in [0.1, 0.15) is 25.6 Å². The van der Waals surface area contributed by atoms with Gasteiger partial charge in [-0.1, -0.05) is 19.1 Å². The molecule has 1 aromatic rings. The monoisotopic (exact) mass is 290 g/mol. The van der Waals surface area contributed by atoms with Crippen molar-refractivity contribution in [3.63, 3.8) is 0 Å². The van der Waals surface area contributed by atoms with Gasteiger partial charge in [0.25, 0.3) is 0 Å². The highest BCUT2D eigenvalue weighted by Gasteiger charge is 2.25.